The molecule has 4 nitrogen and oxygen atoms in total. The summed E-state index contributed by atoms with van der Waals surface area (Å²) in [5, 5.41) is 3.32. The maximum Gasteiger partial charge on any atom is 0.238 e. The molecule has 0 saturated carbocycles. The second-order valence-corrected chi connectivity index (χ2v) is 4.60. The first-order chi connectivity index (χ1) is 8.74. The molecule has 0 fully saturated rings. The summed E-state index contributed by atoms with van der Waals surface area (Å²) in [6.45, 7) is 1.86. The quantitative estimate of drug-likeness (QED) is 0.752. The van der Waals surface area contributed by atoms with E-state index >= 15 is 0 Å². The van der Waals surface area contributed by atoms with Crippen LogP contribution in [0.1, 0.15) is 17.5 Å². The van der Waals surface area contributed by atoms with Crippen molar-refractivity contribution in [3.63, 3.8) is 0 Å². The minimum absolute atomic E-state index is 0.0326. The Labute approximate surface area is 105 Å². The molecule has 2 aliphatic rings. The summed E-state index contributed by atoms with van der Waals surface area (Å²) >= 11 is 0. The van der Waals surface area contributed by atoms with Crippen LogP contribution < -0.4 is 10.2 Å². The van der Waals surface area contributed by atoms with Crippen LogP contribution in [0.5, 0.6) is 0 Å². The molecule has 18 heavy (non-hydrogen) atoms. The van der Waals surface area contributed by atoms with E-state index in [1.54, 1.807) is 11.1 Å². The minimum Gasteiger partial charge on any atom is -0.312 e. The molecule has 0 aliphatic carbocycles. The normalized spacial score (nSPS) is 19.0. The molecule has 4 heteroatoms. The van der Waals surface area contributed by atoms with Gasteiger partial charge >= 0.3 is 0 Å². The molecule has 0 spiro atoms. The van der Waals surface area contributed by atoms with Crippen LogP contribution >= 0.6 is 0 Å². The van der Waals surface area contributed by atoms with Crippen LogP contribution in [0.2, 0.25) is 0 Å². The first-order valence-electron chi connectivity index (χ1n) is 6.10. The fraction of sp³-hybridized carbons (Fsp3) is 0.286. The van der Waals surface area contributed by atoms with E-state index in [4.69, 9.17) is 0 Å². The third-order valence-electron chi connectivity index (χ3n) is 3.36. The zero-order chi connectivity index (χ0) is 12.5. The van der Waals surface area contributed by atoms with Gasteiger partial charge in [0.2, 0.25) is 5.91 Å². The summed E-state index contributed by atoms with van der Waals surface area (Å²) in [6, 6.07) is 6.03. The van der Waals surface area contributed by atoms with Crippen LogP contribution in [-0.2, 0) is 22.6 Å². The summed E-state index contributed by atoms with van der Waals surface area (Å²) in [7, 11) is 0. The van der Waals surface area contributed by atoms with Gasteiger partial charge in [0.05, 0.1) is 6.42 Å². The van der Waals surface area contributed by atoms with Gasteiger partial charge in [-0.25, -0.2) is 0 Å². The van der Waals surface area contributed by atoms with Gasteiger partial charge in [-0.1, -0.05) is 6.07 Å². The highest BCUT2D eigenvalue weighted by Crippen LogP contribution is 2.24. The fourth-order valence-electron chi connectivity index (χ4n) is 2.38. The number of hydrogen-bond acceptors (Lipinski definition) is 3. The van der Waals surface area contributed by atoms with Crippen molar-refractivity contribution in [3.05, 3.63) is 41.6 Å². The topological polar surface area (TPSA) is 49.4 Å². The third-order valence-corrected chi connectivity index (χ3v) is 3.36. The van der Waals surface area contributed by atoms with E-state index in [0.717, 1.165) is 25.2 Å². The molecule has 3 rings (SSSR count). The van der Waals surface area contributed by atoms with Gasteiger partial charge in [-0.05, 0) is 42.3 Å². The van der Waals surface area contributed by atoms with Crippen molar-refractivity contribution < 1.29 is 9.59 Å². The number of fused-ring (bicyclic) bond motifs is 1. The maximum absolute atomic E-state index is 11.8. The summed E-state index contributed by atoms with van der Waals surface area (Å²) in [5.74, 6) is -0.283. The lowest BCUT2D eigenvalue weighted by Gasteiger charge is -2.24. The molecule has 1 aromatic rings. The summed E-state index contributed by atoms with van der Waals surface area (Å²) in [5.41, 5.74) is 3.42. The van der Waals surface area contributed by atoms with Gasteiger partial charge in [-0.15, -0.1) is 0 Å². The highest BCUT2D eigenvalue weighted by Gasteiger charge is 2.21. The molecule has 1 amide bonds. The Hall–Kier alpha value is -1.94. The van der Waals surface area contributed by atoms with Crippen molar-refractivity contribution >= 4 is 17.4 Å². The molecular weight excluding hydrogens is 228 g/mol. The average Bonchev–Trinajstić information content (AvgIpc) is 2.38. The van der Waals surface area contributed by atoms with E-state index < -0.39 is 0 Å². The zero-order valence-corrected chi connectivity index (χ0v) is 9.98. The average molecular weight is 242 g/mol. The summed E-state index contributed by atoms with van der Waals surface area (Å²) < 4.78 is 0. The highest BCUT2D eigenvalue weighted by molar-refractivity contribution is 6.13. The highest BCUT2D eigenvalue weighted by atomic mass is 16.2. The predicted molar refractivity (Wildman–Crippen MR) is 68.1 cm³/mol. The number of carbonyl (C=O) groups is 2. The largest absolute Gasteiger partial charge is 0.312 e. The van der Waals surface area contributed by atoms with Gasteiger partial charge in [0.25, 0.3) is 0 Å². The number of benzene rings is 1. The molecule has 0 saturated heterocycles. The van der Waals surface area contributed by atoms with Crippen LogP contribution in [0, 0.1) is 0 Å². The number of nitrogens with one attached hydrogen (secondary N) is 1. The van der Waals surface area contributed by atoms with Crippen LogP contribution in [-0.4, -0.2) is 18.2 Å². The van der Waals surface area contributed by atoms with Gasteiger partial charge in [0.15, 0.2) is 5.78 Å². The number of anilines is 1. The van der Waals surface area contributed by atoms with E-state index in [-0.39, 0.29) is 18.1 Å². The number of ketones is 1. The molecule has 0 aromatic heterocycles. The van der Waals surface area contributed by atoms with Gasteiger partial charge < -0.3 is 5.32 Å². The maximum atomic E-state index is 11.8. The second-order valence-electron chi connectivity index (χ2n) is 4.60. The number of amides is 1. The predicted octanol–water partition coefficient (Wildman–Crippen LogP) is 1.15. The number of carbonyl (C=O) groups excluding carboxylic acids is 2. The van der Waals surface area contributed by atoms with Crippen LogP contribution in [0.4, 0.5) is 5.69 Å². The molecule has 92 valence electrons. The Kier molecular flexibility index (Phi) is 2.72. The van der Waals surface area contributed by atoms with Crippen molar-refractivity contribution in [2.75, 3.05) is 11.4 Å². The van der Waals surface area contributed by atoms with Gasteiger partial charge in [0, 0.05) is 18.4 Å². The number of hydrogen-bond donors (Lipinski definition) is 1. The Bertz CT molecular complexity index is 549. The van der Waals surface area contributed by atoms with Crippen molar-refractivity contribution in [1.82, 2.24) is 5.32 Å². The molecule has 0 atom stereocenters. The van der Waals surface area contributed by atoms with E-state index in [0.29, 0.717) is 0 Å². The van der Waals surface area contributed by atoms with Crippen LogP contribution in [0.25, 0.3) is 0 Å². The number of rotatable bonds is 1. The van der Waals surface area contributed by atoms with E-state index in [2.05, 4.69) is 5.32 Å². The zero-order valence-electron chi connectivity index (χ0n) is 9.98. The fourth-order valence-corrected chi connectivity index (χ4v) is 2.38. The van der Waals surface area contributed by atoms with E-state index in [1.165, 1.54) is 17.2 Å². The molecule has 1 aromatic carbocycles. The lowest BCUT2D eigenvalue weighted by molar-refractivity contribution is -0.124. The molecule has 0 bridgehead atoms. The molecule has 2 heterocycles. The smallest absolute Gasteiger partial charge is 0.238 e. The van der Waals surface area contributed by atoms with Crippen molar-refractivity contribution in [2.24, 2.45) is 0 Å². The van der Waals surface area contributed by atoms with Crippen molar-refractivity contribution in [1.29, 1.82) is 0 Å². The Morgan fingerprint density at radius 1 is 1.17 bits per heavy atom. The lowest BCUT2D eigenvalue weighted by atomic mass is 10.00. The minimum atomic E-state index is -0.156. The van der Waals surface area contributed by atoms with E-state index in [1.807, 2.05) is 18.2 Å². The van der Waals surface area contributed by atoms with Crippen LogP contribution in [0.15, 0.2) is 30.5 Å². The SMILES string of the molecule is O=C1C=CN(c2ccc3c(c2)CCNC3)C(=O)C1. The lowest BCUT2D eigenvalue weighted by Crippen LogP contribution is -2.31. The van der Waals surface area contributed by atoms with Gasteiger partial charge in [-0.3, -0.25) is 14.5 Å². The molecular formula is C14H14N2O2. The Morgan fingerprint density at radius 2 is 2.06 bits per heavy atom. The molecule has 1 N–H and O–H groups in total. The summed E-state index contributed by atoms with van der Waals surface area (Å²) in [4.78, 5) is 24.5. The second kappa shape index (κ2) is 4.38. The monoisotopic (exact) mass is 242 g/mol. The standard InChI is InChI=1S/C14H14N2O2/c17-13-4-6-16(14(18)8-13)12-2-1-11-9-15-5-3-10(11)7-12/h1-2,4,6-7,15H,3,5,8-9H2. The van der Waals surface area contributed by atoms with Crippen molar-refractivity contribution in [3.8, 4) is 0 Å². The van der Waals surface area contributed by atoms with E-state index in [9.17, 15) is 9.59 Å². The first kappa shape index (κ1) is 11.2. The summed E-state index contributed by atoms with van der Waals surface area (Å²) in [6.07, 6.45) is 3.97. The molecule has 0 unspecified atom stereocenters. The number of nitrogens with zero attached hydrogens (tertiary/aromatic N) is 1. The third kappa shape index (κ3) is 1.95. The molecule has 0 radical (unpaired) electrons. The van der Waals surface area contributed by atoms with Crippen LogP contribution in [0.3, 0.4) is 0 Å². The van der Waals surface area contributed by atoms with Crippen molar-refractivity contribution in [2.45, 2.75) is 19.4 Å². The van der Waals surface area contributed by atoms with Gasteiger partial charge in [-0.2, -0.15) is 0 Å². The molecule has 2 aliphatic heterocycles. The van der Waals surface area contributed by atoms with Gasteiger partial charge in [0.1, 0.15) is 0 Å². The Morgan fingerprint density at radius 3 is 2.89 bits per heavy atom. The number of allylic oxidation sites excluding steroid dienone is 1. The first-order valence-corrected chi connectivity index (χ1v) is 6.10. The Balaban J connectivity index is 1.95.